The molecule has 0 aliphatic carbocycles. The number of benzene rings is 3. The first kappa shape index (κ1) is 27.7. The van der Waals surface area contributed by atoms with E-state index < -0.39 is 6.04 Å². The normalized spacial score (nSPS) is 14.9. The zero-order chi connectivity index (χ0) is 30.2. The average Bonchev–Trinajstić information content (AvgIpc) is 3.74. The van der Waals surface area contributed by atoms with E-state index in [0.29, 0.717) is 48.0 Å². The molecule has 1 amide bonds. The lowest BCUT2D eigenvalue weighted by Gasteiger charge is -2.25. The number of ether oxygens (including phenoxy) is 1. The van der Waals surface area contributed by atoms with Gasteiger partial charge in [-0.3, -0.25) is 14.2 Å². The maximum Gasteiger partial charge on any atom is 0.271 e. The lowest BCUT2D eigenvalue weighted by molar-refractivity contribution is -0.113. The molecule has 3 aromatic heterocycles. The van der Waals surface area contributed by atoms with Gasteiger partial charge < -0.3 is 19.5 Å². The van der Waals surface area contributed by atoms with Gasteiger partial charge in [-0.15, -0.1) is 0 Å². The number of methoxy groups -OCH3 is 1. The molecule has 0 fully saturated rings. The fourth-order valence-corrected chi connectivity index (χ4v) is 6.90. The van der Waals surface area contributed by atoms with Crippen LogP contribution in [0.2, 0.25) is 0 Å². The van der Waals surface area contributed by atoms with Crippen LogP contribution in [0, 0.1) is 0 Å². The lowest BCUT2D eigenvalue weighted by atomic mass is 9.95. The number of aromatic amines is 1. The van der Waals surface area contributed by atoms with Crippen molar-refractivity contribution in [2.75, 3.05) is 12.4 Å². The van der Waals surface area contributed by atoms with E-state index in [-0.39, 0.29) is 11.5 Å². The molecule has 0 bridgehead atoms. The first-order valence-electron chi connectivity index (χ1n) is 13.7. The van der Waals surface area contributed by atoms with Gasteiger partial charge in [-0.2, -0.15) is 0 Å². The largest absolute Gasteiger partial charge is 0.497 e. The van der Waals surface area contributed by atoms with E-state index in [1.165, 1.54) is 23.1 Å². The minimum Gasteiger partial charge on any atom is -0.497 e. The molecule has 3 aromatic carbocycles. The number of thiazole rings is 1. The maximum absolute atomic E-state index is 14.0. The molecule has 0 radical (unpaired) electrons. The van der Waals surface area contributed by atoms with Crippen LogP contribution in [0.15, 0.2) is 127 Å². The Morgan fingerprint density at radius 3 is 2.59 bits per heavy atom. The van der Waals surface area contributed by atoms with Crippen molar-refractivity contribution in [1.82, 2.24) is 14.5 Å². The van der Waals surface area contributed by atoms with Crippen LogP contribution in [-0.2, 0) is 4.79 Å². The van der Waals surface area contributed by atoms with Crippen molar-refractivity contribution in [2.45, 2.75) is 23.2 Å². The Hall–Kier alpha value is -5.13. The van der Waals surface area contributed by atoms with Crippen molar-refractivity contribution in [1.29, 1.82) is 0 Å². The number of nitrogens with zero attached hydrogens (tertiary/aromatic N) is 3. The highest BCUT2D eigenvalue weighted by atomic mass is 32.2. The molecule has 44 heavy (non-hydrogen) atoms. The summed E-state index contributed by atoms with van der Waals surface area (Å²) >= 11 is 2.62. The number of amides is 1. The molecule has 2 N–H and O–H groups in total. The molecule has 0 saturated heterocycles. The predicted octanol–water partition coefficient (Wildman–Crippen LogP) is 5.50. The quantitative estimate of drug-likeness (QED) is 0.244. The molecule has 4 heterocycles. The Morgan fingerprint density at radius 1 is 1.05 bits per heavy atom. The van der Waals surface area contributed by atoms with Gasteiger partial charge in [0.1, 0.15) is 11.5 Å². The van der Waals surface area contributed by atoms with Crippen molar-refractivity contribution < 1.29 is 13.9 Å². The minimum atomic E-state index is -0.696. The molecule has 0 unspecified atom stereocenters. The van der Waals surface area contributed by atoms with E-state index in [9.17, 15) is 9.59 Å². The Balaban J connectivity index is 1.26. The summed E-state index contributed by atoms with van der Waals surface area (Å²) in [5.74, 6) is 0.866. The van der Waals surface area contributed by atoms with Crippen LogP contribution < -0.4 is 24.9 Å². The van der Waals surface area contributed by atoms with Gasteiger partial charge in [-0.05, 0) is 72.8 Å². The summed E-state index contributed by atoms with van der Waals surface area (Å²) in [7, 11) is 1.59. The maximum atomic E-state index is 14.0. The van der Waals surface area contributed by atoms with Crippen LogP contribution in [0.1, 0.15) is 24.3 Å². The summed E-state index contributed by atoms with van der Waals surface area (Å²) < 4.78 is 13.4. The number of hydrogen-bond acceptors (Lipinski definition) is 8. The number of carbonyl (C=O) groups excluding carboxylic acids is 1. The third-order valence-corrected chi connectivity index (χ3v) is 8.96. The van der Waals surface area contributed by atoms with Gasteiger partial charge in [0.15, 0.2) is 15.1 Å². The molecule has 0 saturated carbocycles. The van der Waals surface area contributed by atoms with Crippen molar-refractivity contribution >= 4 is 51.8 Å². The number of allylic oxidation sites excluding steroid dienone is 1. The molecule has 6 aromatic rings. The van der Waals surface area contributed by atoms with Crippen LogP contribution in [0.4, 0.5) is 5.69 Å². The van der Waals surface area contributed by atoms with Gasteiger partial charge >= 0.3 is 0 Å². The number of hydrogen-bond donors (Lipinski definition) is 2. The number of H-pyrrole nitrogens is 1. The molecule has 218 valence electrons. The number of aromatic nitrogens is 3. The minimum absolute atomic E-state index is 0.269. The predicted molar refractivity (Wildman–Crippen MR) is 171 cm³/mol. The molecule has 9 nitrogen and oxygen atoms in total. The van der Waals surface area contributed by atoms with E-state index >= 15 is 0 Å². The molecule has 1 aliphatic rings. The molecule has 11 heteroatoms. The summed E-state index contributed by atoms with van der Waals surface area (Å²) in [4.78, 5) is 40.8. The highest BCUT2D eigenvalue weighted by Gasteiger charge is 2.32. The number of nitrogens with one attached hydrogen (secondary N) is 2. The average molecular weight is 620 g/mol. The van der Waals surface area contributed by atoms with E-state index in [4.69, 9.17) is 14.1 Å². The summed E-state index contributed by atoms with van der Waals surface area (Å²) in [6, 6.07) is 27.3. The molecule has 1 aliphatic heterocycles. The molecular weight excluding hydrogens is 595 g/mol. The van der Waals surface area contributed by atoms with Gasteiger partial charge in [-0.25, -0.2) is 9.98 Å². The zero-order valence-electron chi connectivity index (χ0n) is 23.6. The third kappa shape index (κ3) is 5.27. The van der Waals surface area contributed by atoms with Gasteiger partial charge in [-0.1, -0.05) is 53.8 Å². The first-order valence-corrected chi connectivity index (χ1v) is 15.4. The summed E-state index contributed by atoms with van der Waals surface area (Å²) in [5.41, 5.74) is 3.89. The van der Waals surface area contributed by atoms with Crippen molar-refractivity contribution in [3.8, 4) is 5.75 Å². The molecule has 1 atom stereocenters. The topological polar surface area (TPSA) is 115 Å². The van der Waals surface area contributed by atoms with Crippen LogP contribution in [-0.4, -0.2) is 27.6 Å². The first-order chi connectivity index (χ1) is 21.5. The Labute approximate surface area is 259 Å². The van der Waals surface area contributed by atoms with E-state index in [1.54, 1.807) is 24.7 Å². The fourth-order valence-electron chi connectivity index (χ4n) is 5.10. The molecular formula is C33H25N5O4S2. The van der Waals surface area contributed by atoms with Gasteiger partial charge in [0.2, 0.25) is 0 Å². The fraction of sp³-hybridized carbons (Fsp3) is 0.0909. The number of fused-ring (bicyclic) bond motifs is 2. The van der Waals surface area contributed by atoms with Crippen molar-refractivity contribution in [3.05, 3.63) is 133 Å². The number of furan rings is 1. The van der Waals surface area contributed by atoms with Crippen LogP contribution in [0.5, 0.6) is 5.75 Å². The Kier molecular flexibility index (Phi) is 7.24. The second-order valence-corrected chi connectivity index (χ2v) is 12.0. The highest BCUT2D eigenvalue weighted by molar-refractivity contribution is 7.99. The Bertz CT molecular complexity index is 2190. The summed E-state index contributed by atoms with van der Waals surface area (Å²) in [6.45, 7) is 1.79. The van der Waals surface area contributed by atoms with E-state index in [2.05, 4.69) is 15.3 Å². The lowest BCUT2D eigenvalue weighted by Crippen LogP contribution is -2.40. The smallest absolute Gasteiger partial charge is 0.271 e. The number of para-hydroxylation sites is 3. The SMILES string of the molecule is COc1ccc([C@H]2C(C(=O)Nc3ccccc3)=C(C)N=c3s/c(=C/c4ccc(Sc5nc6ccccc6[nH]5)o4)c(=O)n32)cc1. The Morgan fingerprint density at radius 2 is 1.82 bits per heavy atom. The van der Waals surface area contributed by atoms with Crippen LogP contribution >= 0.6 is 23.1 Å². The number of carbonyl (C=O) groups is 1. The van der Waals surface area contributed by atoms with Gasteiger partial charge in [0.05, 0.1) is 40.0 Å². The third-order valence-electron chi connectivity index (χ3n) is 7.17. The van der Waals surface area contributed by atoms with E-state index in [1.807, 2.05) is 91.0 Å². The summed E-state index contributed by atoms with van der Waals surface area (Å²) in [6.07, 6.45) is 1.71. The number of anilines is 1. The zero-order valence-corrected chi connectivity index (χ0v) is 25.2. The molecule has 7 rings (SSSR count). The monoisotopic (exact) mass is 619 g/mol. The van der Waals surface area contributed by atoms with E-state index in [0.717, 1.165) is 16.6 Å². The highest BCUT2D eigenvalue weighted by Crippen LogP contribution is 2.32. The summed E-state index contributed by atoms with van der Waals surface area (Å²) in [5, 5.41) is 4.31. The van der Waals surface area contributed by atoms with Crippen molar-refractivity contribution in [3.63, 3.8) is 0 Å². The van der Waals surface area contributed by atoms with Crippen LogP contribution in [0.25, 0.3) is 17.1 Å². The van der Waals surface area contributed by atoms with Crippen molar-refractivity contribution in [2.24, 2.45) is 4.99 Å². The standard InChI is InChI=1S/C33H25N5O4S2/c1-19-28(30(39)35-21-8-4-3-5-9-21)29(20-12-14-22(41-2)15-13-20)38-31(40)26(43-33(38)34-19)18-23-16-17-27(42-23)44-32-36-24-10-6-7-11-25(24)37-32/h3-18,29H,1-2H3,(H,35,39)(H,36,37)/b26-18+/t29-/m0/s1. The van der Waals surface area contributed by atoms with Crippen LogP contribution in [0.3, 0.4) is 0 Å². The van der Waals surface area contributed by atoms with Gasteiger partial charge in [0, 0.05) is 11.8 Å². The number of rotatable bonds is 7. The second kappa shape index (κ2) is 11.5. The number of imidazole rings is 1. The van der Waals surface area contributed by atoms with Gasteiger partial charge in [0.25, 0.3) is 11.5 Å². The molecule has 0 spiro atoms. The second-order valence-electron chi connectivity index (χ2n) is 9.99.